The summed E-state index contributed by atoms with van der Waals surface area (Å²) in [5, 5.41) is 3.15. The molecule has 1 atom stereocenters. The molecule has 7 heteroatoms. The summed E-state index contributed by atoms with van der Waals surface area (Å²) in [4.78, 5) is 14.7. The zero-order valence-electron chi connectivity index (χ0n) is 14.4. The maximum absolute atomic E-state index is 12.5. The van der Waals surface area contributed by atoms with Gasteiger partial charge in [-0.3, -0.25) is 9.69 Å². The van der Waals surface area contributed by atoms with Gasteiger partial charge in [0.1, 0.15) is 6.10 Å². The molecule has 142 valence electrons. The van der Waals surface area contributed by atoms with Gasteiger partial charge < -0.3 is 15.8 Å². The largest absolute Gasteiger partial charge is 0.366 e. The average Bonchev–Trinajstić information content (AvgIpc) is 2.58. The minimum atomic E-state index is -0.358. The Kier molecular flexibility index (Phi) is 9.75. The predicted molar refractivity (Wildman–Crippen MR) is 104 cm³/mol. The topological polar surface area (TPSA) is 67.6 Å². The number of halogens is 2. The van der Waals surface area contributed by atoms with Crippen molar-refractivity contribution in [1.82, 2.24) is 10.2 Å². The summed E-state index contributed by atoms with van der Waals surface area (Å²) in [6.07, 6.45) is 3.59. The number of carbonyl (C=O) groups is 1. The number of amides is 1. The van der Waals surface area contributed by atoms with Crippen molar-refractivity contribution >= 4 is 30.7 Å². The fraction of sp³-hybridized carbons (Fsp3) is 0.611. The third kappa shape index (κ3) is 6.76. The summed E-state index contributed by atoms with van der Waals surface area (Å²) in [5.41, 5.74) is 7.19. The van der Waals surface area contributed by atoms with Crippen LogP contribution in [0.15, 0.2) is 30.3 Å². The van der Waals surface area contributed by atoms with Gasteiger partial charge in [-0.2, -0.15) is 0 Å². The second-order valence-electron chi connectivity index (χ2n) is 6.70. The van der Waals surface area contributed by atoms with Crippen LogP contribution in [0.4, 0.5) is 0 Å². The zero-order valence-corrected chi connectivity index (χ0v) is 16.1. The van der Waals surface area contributed by atoms with E-state index < -0.39 is 0 Å². The summed E-state index contributed by atoms with van der Waals surface area (Å²) in [5.74, 6) is 0.0308. The van der Waals surface area contributed by atoms with Gasteiger partial charge in [-0.05, 0) is 31.2 Å². The monoisotopic (exact) mass is 389 g/mol. The van der Waals surface area contributed by atoms with Crippen molar-refractivity contribution in [1.29, 1.82) is 0 Å². The van der Waals surface area contributed by atoms with Crippen LogP contribution in [0.1, 0.15) is 31.2 Å². The molecule has 2 fully saturated rings. The molecule has 1 aliphatic carbocycles. The number of hydrogen-bond acceptors (Lipinski definition) is 4. The van der Waals surface area contributed by atoms with E-state index >= 15 is 0 Å². The van der Waals surface area contributed by atoms with Crippen LogP contribution >= 0.6 is 24.8 Å². The molecule has 0 radical (unpaired) electrons. The van der Waals surface area contributed by atoms with Gasteiger partial charge in [-0.15, -0.1) is 24.8 Å². The smallest absolute Gasteiger partial charge is 0.250 e. The Morgan fingerprint density at radius 1 is 1.16 bits per heavy atom. The van der Waals surface area contributed by atoms with E-state index in [4.69, 9.17) is 10.5 Å². The van der Waals surface area contributed by atoms with Gasteiger partial charge in [0.15, 0.2) is 0 Å². The van der Waals surface area contributed by atoms with Crippen molar-refractivity contribution in [3.8, 4) is 0 Å². The van der Waals surface area contributed by atoms with Crippen molar-refractivity contribution in [2.24, 2.45) is 5.73 Å². The molecule has 1 aliphatic heterocycles. The number of hydrogen-bond donors (Lipinski definition) is 2. The number of ether oxygens (including phenoxy) is 1. The molecule has 1 heterocycles. The molecule has 1 amide bonds. The molecule has 25 heavy (non-hydrogen) atoms. The van der Waals surface area contributed by atoms with Crippen molar-refractivity contribution in [2.75, 3.05) is 19.7 Å². The van der Waals surface area contributed by atoms with Crippen LogP contribution in [-0.4, -0.2) is 48.7 Å². The summed E-state index contributed by atoms with van der Waals surface area (Å²) in [6.45, 7) is 3.01. The normalized spacial score (nSPS) is 26.8. The Morgan fingerprint density at radius 3 is 2.52 bits per heavy atom. The molecule has 3 rings (SSSR count). The zero-order chi connectivity index (χ0) is 16.1. The van der Waals surface area contributed by atoms with E-state index in [0.717, 1.165) is 38.8 Å². The molecular formula is C18H29Cl2N3O2. The first-order valence-electron chi connectivity index (χ1n) is 8.64. The van der Waals surface area contributed by atoms with E-state index in [1.165, 1.54) is 5.56 Å². The van der Waals surface area contributed by atoms with E-state index in [2.05, 4.69) is 22.3 Å². The highest BCUT2D eigenvalue weighted by Gasteiger charge is 2.29. The highest BCUT2D eigenvalue weighted by atomic mass is 35.5. The first-order chi connectivity index (χ1) is 11.2. The Bertz CT molecular complexity index is 510. The van der Waals surface area contributed by atoms with Crippen molar-refractivity contribution in [2.45, 2.75) is 50.4 Å². The Hall–Kier alpha value is -0.850. The summed E-state index contributed by atoms with van der Waals surface area (Å²) in [7, 11) is 0. The van der Waals surface area contributed by atoms with Crippen LogP contribution in [-0.2, 0) is 16.1 Å². The van der Waals surface area contributed by atoms with Gasteiger partial charge >= 0.3 is 0 Å². The minimum absolute atomic E-state index is 0. The average molecular weight is 390 g/mol. The lowest BCUT2D eigenvalue weighted by atomic mass is 9.91. The van der Waals surface area contributed by atoms with Crippen LogP contribution in [0.5, 0.6) is 0 Å². The van der Waals surface area contributed by atoms with Crippen LogP contribution < -0.4 is 11.1 Å². The van der Waals surface area contributed by atoms with E-state index in [-0.39, 0.29) is 42.9 Å². The van der Waals surface area contributed by atoms with Crippen molar-refractivity contribution in [3.05, 3.63) is 35.9 Å². The SMILES string of the molecule is Cl.Cl.NC1CCC(NC(=O)C2CN(Cc3ccccc3)CCO2)CC1. The molecule has 1 saturated carbocycles. The number of nitrogens with one attached hydrogen (secondary N) is 1. The summed E-state index contributed by atoms with van der Waals surface area (Å²) < 4.78 is 5.69. The maximum Gasteiger partial charge on any atom is 0.250 e. The molecule has 0 aromatic heterocycles. The molecule has 1 unspecified atom stereocenters. The number of rotatable bonds is 4. The van der Waals surface area contributed by atoms with Crippen LogP contribution in [0, 0.1) is 0 Å². The molecule has 2 aliphatic rings. The van der Waals surface area contributed by atoms with Crippen LogP contribution in [0.2, 0.25) is 0 Å². The Morgan fingerprint density at radius 2 is 1.84 bits per heavy atom. The number of benzene rings is 1. The molecule has 1 saturated heterocycles. The Balaban J connectivity index is 0.00000156. The van der Waals surface area contributed by atoms with E-state index in [1.54, 1.807) is 0 Å². The first kappa shape index (κ1) is 22.2. The number of nitrogens with two attached hydrogens (primary N) is 1. The molecule has 1 aromatic carbocycles. The molecule has 0 bridgehead atoms. The molecule has 1 aromatic rings. The van der Waals surface area contributed by atoms with Gasteiger partial charge in [0.2, 0.25) is 0 Å². The second kappa shape index (κ2) is 11.0. The van der Waals surface area contributed by atoms with Gasteiger partial charge in [-0.1, -0.05) is 30.3 Å². The van der Waals surface area contributed by atoms with Crippen LogP contribution in [0.3, 0.4) is 0 Å². The van der Waals surface area contributed by atoms with Crippen LogP contribution in [0.25, 0.3) is 0 Å². The molecule has 0 spiro atoms. The summed E-state index contributed by atoms with van der Waals surface area (Å²) in [6, 6.07) is 10.9. The first-order valence-corrected chi connectivity index (χ1v) is 8.64. The molecule has 3 N–H and O–H groups in total. The quantitative estimate of drug-likeness (QED) is 0.827. The van der Waals surface area contributed by atoms with Gasteiger partial charge in [0.25, 0.3) is 5.91 Å². The lowest BCUT2D eigenvalue weighted by molar-refractivity contribution is -0.139. The lowest BCUT2D eigenvalue weighted by Crippen LogP contribution is -2.52. The third-order valence-corrected chi connectivity index (χ3v) is 4.81. The number of nitrogens with zero attached hydrogens (tertiary/aromatic N) is 1. The molecule has 5 nitrogen and oxygen atoms in total. The van der Waals surface area contributed by atoms with Gasteiger partial charge in [0.05, 0.1) is 6.61 Å². The van der Waals surface area contributed by atoms with Crippen molar-refractivity contribution < 1.29 is 9.53 Å². The molecular weight excluding hydrogens is 361 g/mol. The van der Waals surface area contributed by atoms with E-state index in [0.29, 0.717) is 19.2 Å². The predicted octanol–water partition coefficient (Wildman–Crippen LogP) is 2.12. The Labute approximate surface area is 162 Å². The highest BCUT2D eigenvalue weighted by molar-refractivity contribution is 5.85. The van der Waals surface area contributed by atoms with Gasteiger partial charge in [0, 0.05) is 31.7 Å². The fourth-order valence-electron chi connectivity index (χ4n) is 3.40. The fourth-order valence-corrected chi connectivity index (χ4v) is 3.40. The third-order valence-electron chi connectivity index (χ3n) is 4.81. The van der Waals surface area contributed by atoms with Crippen molar-refractivity contribution in [3.63, 3.8) is 0 Å². The van der Waals surface area contributed by atoms with E-state index in [1.807, 2.05) is 18.2 Å². The maximum atomic E-state index is 12.5. The van der Waals surface area contributed by atoms with E-state index in [9.17, 15) is 4.79 Å². The minimum Gasteiger partial charge on any atom is -0.366 e. The van der Waals surface area contributed by atoms with Gasteiger partial charge in [-0.25, -0.2) is 0 Å². The standard InChI is InChI=1S/C18H27N3O2.2ClH/c19-15-6-8-16(9-7-15)20-18(22)17-13-21(10-11-23-17)12-14-4-2-1-3-5-14;;/h1-5,15-17H,6-13,19H2,(H,20,22);2*1H. The summed E-state index contributed by atoms with van der Waals surface area (Å²) >= 11 is 0. The highest BCUT2D eigenvalue weighted by Crippen LogP contribution is 2.18. The second-order valence-corrected chi connectivity index (χ2v) is 6.70. The lowest BCUT2D eigenvalue weighted by Gasteiger charge is -2.34. The number of carbonyl (C=O) groups excluding carboxylic acids is 1. The number of morpholine rings is 1.